The molecule has 0 atom stereocenters. The number of aromatic hydroxyl groups is 1. The third-order valence-electron chi connectivity index (χ3n) is 3.24. The predicted octanol–water partition coefficient (Wildman–Crippen LogP) is 4.36. The highest BCUT2D eigenvalue weighted by Gasteiger charge is 2.10. The molecule has 0 heterocycles. The normalized spacial score (nSPS) is 10.6. The van der Waals surface area contributed by atoms with Gasteiger partial charge in [-0.1, -0.05) is 25.5 Å². The zero-order valence-corrected chi connectivity index (χ0v) is 15.5. The molecule has 5 heteroatoms. The van der Waals surface area contributed by atoms with E-state index in [1.807, 2.05) is 6.92 Å². The molecule has 0 aliphatic carbocycles. The van der Waals surface area contributed by atoms with Crippen LogP contribution in [0.2, 0.25) is 0 Å². The maximum absolute atomic E-state index is 12.0. The van der Waals surface area contributed by atoms with Crippen LogP contribution >= 0.6 is 11.8 Å². The van der Waals surface area contributed by atoms with Crippen molar-refractivity contribution >= 4 is 17.7 Å². The van der Waals surface area contributed by atoms with Crippen molar-refractivity contribution in [1.29, 1.82) is 0 Å². The molecule has 0 aromatic heterocycles. The van der Waals surface area contributed by atoms with Crippen LogP contribution in [-0.4, -0.2) is 35.8 Å². The van der Waals surface area contributed by atoms with Gasteiger partial charge in [0, 0.05) is 11.5 Å². The van der Waals surface area contributed by atoms with Gasteiger partial charge in [-0.25, -0.2) is 0 Å². The van der Waals surface area contributed by atoms with Crippen LogP contribution in [0, 0.1) is 0 Å². The van der Waals surface area contributed by atoms with Crippen molar-refractivity contribution in [3.05, 3.63) is 35.9 Å². The molecular weight excluding hydrogens is 324 g/mol. The number of unbranched alkanes of at least 4 members (excludes halogenated alkanes) is 1. The summed E-state index contributed by atoms with van der Waals surface area (Å²) in [5, 5.41) is 9.59. The minimum Gasteiger partial charge on any atom is -0.508 e. The molecule has 0 fully saturated rings. The predicted molar refractivity (Wildman–Crippen MR) is 99.9 cm³/mol. The summed E-state index contributed by atoms with van der Waals surface area (Å²) >= 11 is 1.67. The third-order valence-corrected chi connectivity index (χ3v) is 4.19. The van der Waals surface area contributed by atoms with Crippen LogP contribution in [0.5, 0.6) is 11.5 Å². The van der Waals surface area contributed by atoms with Gasteiger partial charge in [-0.2, -0.15) is 11.8 Å². The summed E-state index contributed by atoms with van der Waals surface area (Å²) in [7, 11) is 0. The number of hydrogen-bond acceptors (Lipinski definition) is 5. The Morgan fingerprint density at radius 2 is 2.12 bits per heavy atom. The number of carbonyl (C=O) groups is 1. The molecule has 24 heavy (non-hydrogen) atoms. The van der Waals surface area contributed by atoms with Gasteiger partial charge in [-0.15, -0.1) is 0 Å². The van der Waals surface area contributed by atoms with E-state index in [9.17, 15) is 9.90 Å². The lowest BCUT2D eigenvalue weighted by molar-refractivity contribution is -0.133. The molecule has 0 unspecified atom stereocenters. The Morgan fingerprint density at radius 1 is 1.33 bits per heavy atom. The average Bonchev–Trinajstić information content (AvgIpc) is 2.53. The Morgan fingerprint density at radius 3 is 2.83 bits per heavy atom. The van der Waals surface area contributed by atoms with E-state index in [1.165, 1.54) is 0 Å². The molecule has 0 saturated heterocycles. The number of aryl methyl sites for hydroxylation is 1. The van der Waals surface area contributed by atoms with Gasteiger partial charge in [0.15, 0.2) is 0 Å². The van der Waals surface area contributed by atoms with E-state index in [0.29, 0.717) is 31.1 Å². The Kier molecular flexibility index (Phi) is 10.3. The topological polar surface area (TPSA) is 55.8 Å². The fourth-order valence-corrected chi connectivity index (χ4v) is 2.77. The van der Waals surface area contributed by atoms with E-state index in [0.717, 1.165) is 36.2 Å². The van der Waals surface area contributed by atoms with Gasteiger partial charge in [0.05, 0.1) is 19.6 Å². The number of rotatable bonds is 12. The number of ether oxygens (including phenoxy) is 2. The Bertz CT molecular complexity index is 528. The maximum Gasteiger partial charge on any atom is 0.312 e. The number of hydrogen-bond donors (Lipinski definition) is 1. The van der Waals surface area contributed by atoms with Crippen molar-refractivity contribution < 1.29 is 19.4 Å². The molecule has 0 aliphatic heterocycles. The van der Waals surface area contributed by atoms with Gasteiger partial charge in [-0.05, 0) is 43.5 Å². The van der Waals surface area contributed by atoms with E-state index in [4.69, 9.17) is 9.47 Å². The zero-order valence-electron chi connectivity index (χ0n) is 14.7. The number of carbonyl (C=O) groups excluding carboxylic acids is 1. The number of benzene rings is 1. The highest BCUT2D eigenvalue weighted by atomic mass is 32.2. The number of esters is 1. The molecule has 0 spiro atoms. The summed E-state index contributed by atoms with van der Waals surface area (Å²) < 4.78 is 10.9. The fraction of sp³-hybridized carbons (Fsp3) is 0.526. The number of phenolic OH excluding ortho intramolecular Hbond substituents is 1. The van der Waals surface area contributed by atoms with E-state index < -0.39 is 0 Å². The SMILES string of the molecule is C=C(C)COCCSCCC(=O)Oc1ccc(O)cc1CCCC. The lowest BCUT2D eigenvalue weighted by Gasteiger charge is -2.10. The van der Waals surface area contributed by atoms with Gasteiger partial charge in [0.25, 0.3) is 0 Å². The van der Waals surface area contributed by atoms with Crippen LogP contribution in [-0.2, 0) is 16.0 Å². The van der Waals surface area contributed by atoms with Crippen LogP contribution < -0.4 is 4.74 Å². The number of thioether (sulfide) groups is 1. The molecule has 0 radical (unpaired) electrons. The van der Waals surface area contributed by atoms with Crippen LogP contribution in [0.4, 0.5) is 0 Å². The Balaban J connectivity index is 2.30. The molecule has 4 nitrogen and oxygen atoms in total. The fourth-order valence-electron chi connectivity index (χ4n) is 2.02. The van der Waals surface area contributed by atoms with Crippen LogP contribution in [0.25, 0.3) is 0 Å². The Hall–Kier alpha value is -1.46. The summed E-state index contributed by atoms with van der Waals surface area (Å²) in [6.07, 6.45) is 3.20. The zero-order chi connectivity index (χ0) is 17.8. The first kappa shape index (κ1) is 20.6. The minimum atomic E-state index is -0.242. The van der Waals surface area contributed by atoms with Crippen molar-refractivity contribution in [2.45, 2.75) is 39.5 Å². The smallest absolute Gasteiger partial charge is 0.312 e. The third kappa shape index (κ3) is 8.99. The molecule has 1 N–H and O–H groups in total. The summed E-state index contributed by atoms with van der Waals surface area (Å²) in [4.78, 5) is 12.0. The first-order chi connectivity index (χ1) is 11.5. The molecule has 1 rings (SSSR count). The second-order valence-electron chi connectivity index (χ2n) is 5.74. The Labute approximate surface area is 149 Å². The first-order valence-corrected chi connectivity index (χ1v) is 9.50. The van der Waals surface area contributed by atoms with Gasteiger partial charge in [0.1, 0.15) is 11.5 Å². The van der Waals surface area contributed by atoms with Crippen LogP contribution in [0.1, 0.15) is 38.7 Å². The maximum atomic E-state index is 12.0. The van der Waals surface area contributed by atoms with Crippen molar-refractivity contribution in [3.63, 3.8) is 0 Å². The summed E-state index contributed by atoms with van der Waals surface area (Å²) in [6.45, 7) is 9.06. The lowest BCUT2D eigenvalue weighted by Crippen LogP contribution is -2.11. The van der Waals surface area contributed by atoms with Crippen molar-refractivity contribution in [2.24, 2.45) is 0 Å². The highest BCUT2D eigenvalue weighted by molar-refractivity contribution is 7.99. The standard InChI is InChI=1S/C19H28O4S/c1-4-5-6-16-13-17(20)7-8-18(16)23-19(21)9-11-24-12-10-22-14-15(2)3/h7-8,13,20H,2,4-6,9-12,14H2,1,3H3. The summed E-state index contributed by atoms with van der Waals surface area (Å²) in [6, 6.07) is 4.88. The van der Waals surface area contributed by atoms with Crippen molar-refractivity contribution in [1.82, 2.24) is 0 Å². The number of phenols is 1. The molecule has 1 aromatic carbocycles. The first-order valence-electron chi connectivity index (χ1n) is 8.35. The molecular formula is C19H28O4S. The minimum absolute atomic E-state index is 0.200. The molecule has 0 bridgehead atoms. The lowest BCUT2D eigenvalue weighted by atomic mass is 10.1. The molecule has 134 valence electrons. The second kappa shape index (κ2) is 12.0. The van der Waals surface area contributed by atoms with Gasteiger partial charge < -0.3 is 14.6 Å². The quantitative estimate of drug-likeness (QED) is 0.262. The molecule has 0 aliphatic rings. The average molecular weight is 352 g/mol. The monoisotopic (exact) mass is 352 g/mol. The summed E-state index contributed by atoms with van der Waals surface area (Å²) in [5.41, 5.74) is 1.89. The van der Waals surface area contributed by atoms with Gasteiger partial charge in [-0.3, -0.25) is 4.79 Å². The van der Waals surface area contributed by atoms with Crippen molar-refractivity contribution in [2.75, 3.05) is 24.7 Å². The van der Waals surface area contributed by atoms with E-state index >= 15 is 0 Å². The van der Waals surface area contributed by atoms with Crippen LogP contribution in [0.3, 0.4) is 0 Å². The largest absolute Gasteiger partial charge is 0.508 e. The van der Waals surface area contributed by atoms with E-state index in [-0.39, 0.29) is 11.7 Å². The van der Waals surface area contributed by atoms with E-state index in [2.05, 4.69) is 13.5 Å². The van der Waals surface area contributed by atoms with Gasteiger partial charge in [0.2, 0.25) is 0 Å². The van der Waals surface area contributed by atoms with Crippen LogP contribution in [0.15, 0.2) is 30.4 Å². The van der Waals surface area contributed by atoms with E-state index in [1.54, 1.807) is 30.0 Å². The molecule has 1 aromatic rings. The van der Waals surface area contributed by atoms with Crippen molar-refractivity contribution in [3.8, 4) is 11.5 Å². The summed E-state index contributed by atoms with van der Waals surface area (Å²) in [5.74, 6) is 2.07. The second-order valence-corrected chi connectivity index (χ2v) is 6.97. The highest BCUT2D eigenvalue weighted by Crippen LogP contribution is 2.25. The van der Waals surface area contributed by atoms with Gasteiger partial charge >= 0.3 is 5.97 Å². The molecule has 0 saturated carbocycles. The molecule has 0 amide bonds.